The standard InChI is InChI=1S/C17H19ClN2O4/c1-20(10-4-6-16(22)23-2)15(21)11-24-14-8-7-13(18)12-5-3-9-19-17(12)14/h3,5,7-9H,4,6,10-11H2,1-2H3. The number of aromatic nitrogens is 1. The number of hydrogen-bond acceptors (Lipinski definition) is 5. The van der Waals surface area contributed by atoms with E-state index in [2.05, 4.69) is 9.72 Å². The highest BCUT2D eigenvalue weighted by Crippen LogP contribution is 2.29. The summed E-state index contributed by atoms with van der Waals surface area (Å²) in [7, 11) is 3.01. The molecule has 128 valence electrons. The first kappa shape index (κ1) is 18.0. The van der Waals surface area contributed by atoms with Crippen molar-refractivity contribution >= 4 is 34.4 Å². The van der Waals surface area contributed by atoms with E-state index in [0.29, 0.717) is 29.3 Å². The van der Waals surface area contributed by atoms with Gasteiger partial charge in [-0.05, 0) is 30.7 Å². The maximum atomic E-state index is 12.1. The molecule has 0 bridgehead atoms. The van der Waals surface area contributed by atoms with Gasteiger partial charge in [0.05, 0.1) is 12.1 Å². The van der Waals surface area contributed by atoms with Crippen molar-refractivity contribution in [2.24, 2.45) is 0 Å². The Morgan fingerprint density at radius 2 is 2.08 bits per heavy atom. The van der Waals surface area contributed by atoms with Crippen LogP contribution in [0.5, 0.6) is 5.75 Å². The number of fused-ring (bicyclic) bond motifs is 1. The molecule has 1 aromatic carbocycles. The van der Waals surface area contributed by atoms with Crippen molar-refractivity contribution in [2.75, 3.05) is 27.3 Å². The molecule has 7 heteroatoms. The van der Waals surface area contributed by atoms with Gasteiger partial charge in [-0.2, -0.15) is 0 Å². The number of nitrogens with zero attached hydrogens (tertiary/aromatic N) is 2. The van der Waals surface area contributed by atoms with Crippen LogP contribution in [0, 0.1) is 0 Å². The third-order valence-corrected chi connectivity index (χ3v) is 3.89. The van der Waals surface area contributed by atoms with Crippen LogP contribution < -0.4 is 4.74 Å². The lowest BCUT2D eigenvalue weighted by atomic mass is 10.2. The highest BCUT2D eigenvalue weighted by molar-refractivity contribution is 6.35. The third-order valence-electron chi connectivity index (χ3n) is 3.56. The van der Waals surface area contributed by atoms with Crippen LogP contribution in [-0.2, 0) is 14.3 Å². The Kier molecular flexibility index (Phi) is 6.37. The number of rotatable bonds is 7. The van der Waals surface area contributed by atoms with Crippen LogP contribution >= 0.6 is 11.6 Å². The Labute approximate surface area is 145 Å². The number of carbonyl (C=O) groups excluding carboxylic acids is 2. The summed E-state index contributed by atoms with van der Waals surface area (Å²) in [4.78, 5) is 28.9. The fourth-order valence-electron chi connectivity index (χ4n) is 2.17. The van der Waals surface area contributed by atoms with Crippen molar-refractivity contribution in [3.05, 3.63) is 35.5 Å². The molecule has 24 heavy (non-hydrogen) atoms. The van der Waals surface area contributed by atoms with Crippen LogP contribution in [-0.4, -0.2) is 49.1 Å². The van der Waals surface area contributed by atoms with Gasteiger partial charge in [-0.3, -0.25) is 14.6 Å². The molecule has 1 heterocycles. The Morgan fingerprint density at radius 1 is 1.29 bits per heavy atom. The summed E-state index contributed by atoms with van der Waals surface area (Å²) in [5.41, 5.74) is 0.617. The largest absolute Gasteiger partial charge is 0.481 e. The minimum Gasteiger partial charge on any atom is -0.481 e. The first-order chi connectivity index (χ1) is 11.5. The first-order valence-corrected chi connectivity index (χ1v) is 7.87. The summed E-state index contributed by atoms with van der Waals surface area (Å²) < 4.78 is 10.2. The molecule has 2 aromatic rings. The number of pyridine rings is 1. The van der Waals surface area contributed by atoms with Crippen LogP contribution in [0.15, 0.2) is 30.5 Å². The molecule has 0 aliphatic rings. The molecule has 2 rings (SSSR count). The molecule has 1 aromatic heterocycles. The molecule has 0 atom stereocenters. The number of benzene rings is 1. The lowest BCUT2D eigenvalue weighted by Gasteiger charge is -2.17. The zero-order valence-electron chi connectivity index (χ0n) is 13.6. The second kappa shape index (κ2) is 8.49. The van der Waals surface area contributed by atoms with Gasteiger partial charge in [-0.15, -0.1) is 0 Å². The van der Waals surface area contributed by atoms with E-state index in [1.807, 2.05) is 6.07 Å². The van der Waals surface area contributed by atoms with Crippen molar-refractivity contribution in [3.8, 4) is 5.75 Å². The van der Waals surface area contributed by atoms with Crippen molar-refractivity contribution in [2.45, 2.75) is 12.8 Å². The topological polar surface area (TPSA) is 68.7 Å². The molecule has 0 unspecified atom stereocenters. The van der Waals surface area contributed by atoms with Gasteiger partial charge >= 0.3 is 5.97 Å². The number of methoxy groups -OCH3 is 1. The van der Waals surface area contributed by atoms with Crippen molar-refractivity contribution in [1.82, 2.24) is 9.88 Å². The monoisotopic (exact) mass is 350 g/mol. The molecule has 6 nitrogen and oxygen atoms in total. The molecule has 0 spiro atoms. The lowest BCUT2D eigenvalue weighted by molar-refractivity contribution is -0.141. The van der Waals surface area contributed by atoms with E-state index in [0.717, 1.165) is 5.39 Å². The lowest BCUT2D eigenvalue weighted by Crippen LogP contribution is -2.32. The average Bonchev–Trinajstić information content (AvgIpc) is 2.60. The molecule has 0 saturated heterocycles. The molecular weight excluding hydrogens is 332 g/mol. The second-order valence-corrected chi connectivity index (χ2v) is 5.64. The molecule has 0 saturated carbocycles. The SMILES string of the molecule is COC(=O)CCCN(C)C(=O)COc1ccc(Cl)c2cccnc12. The predicted octanol–water partition coefficient (Wildman–Crippen LogP) is 2.68. The fourth-order valence-corrected chi connectivity index (χ4v) is 2.38. The van der Waals surface area contributed by atoms with Gasteiger partial charge < -0.3 is 14.4 Å². The summed E-state index contributed by atoms with van der Waals surface area (Å²) in [6, 6.07) is 7.05. The Hall–Kier alpha value is -2.34. The number of hydrogen-bond donors (Lipinski definition) is 0. The predicted molar refractivity (Wildman–Crippen MR) is 91.1 cm³/mol. The molecule has 0 radical (unpaired) electrons. The maximum absolute atomic E-state index is 12.1. The van der Waals surface area contributed by atoms with E-state index in [-0.39, 0.29) is 24.9 Å². The van der Waals surface area contributed by atoms with Crippen LogP contribution in [0.3, 0.4) is 0 Å². The summed E-state index contributed by atoms with van der Waals surface area (Å²) in [6.45, 7) is 0.346. The van der Waals surface area contributed by atoms with Gasteiger partial charge in [0.15, 0.2) is 6.61 Å². The first-order valence-electron chi connectivity index (χ1n) is 7.49. The number of esters is 1. The molecule has 0 aliphatic heterocycles. The number of likely N-dealkylation sites (N-methyl/N-ethyl adjacent to an activating group) is 1. The van der Waals surface area contributed by atoms with E-state index in [4.69, 9.17) is 16.3 Å². The van der Waals surface area contributed by atoms with Gasteiger partial charge in [-0.25, -0.2) is 0 Å². The Bertz CT molecular complexity index is 736. The second-order valence-electron chi connectivity index (χ2n) is 5.23. The minimum absolute atomic E-state index is 0.109. The Morgan fingerprint density at radius 3 is 2.83 bits per heavy atom. The highest BCUT2D eigenvalue weighted by Gasteiger charge is 2.13. The summed E-state index contributed by atoms with van der Waals surface area (Å²) in [5.74, 6) is 0.0380. The normalized spacial score (nSPS) is 10.5. The van der Waals surface area contributed by atoms with Gasteiger partial charge in [-0.1, -0.05) is 11.6 Å². The van der Waals surface area contributed by atoms with Crippen molar-refractivity contribution in [1.29, 1.82) is 0 Å². The summed E-state index contributed by atoms with van der Waals surface area (Å²) in [5, 5.41) is 1.35. The van der Waals surface area contributed by atoms with Crippen LogP contribution in [0.25, 0.3) is 10.9 Å². The van der Waals surface area contributed by atoms with Crippen LogP contribution in [0.1, 0.15) is 12.8 Å². The molecule has 1 amide bonds. The fraction of sp³-hybridized carbons (Fsp3) is 0.353. The maximum Gasteiger partial charge on any atom is 0.305 e. The minimum atomic E-state index is -0.286. The Balaban J connectivity index is 1.92. The van der Waals surface area contributed by atoms with E-state index >= 15 is 0 Å². The summed E-state index contributed by atoms with van der Waals surface area (Å²) >= 11 is 6.13. The van der Waals surface area contributed by atoms with Gasteiger partial charge in [0.1, 0.15) is 11.3 Å². The molecule has 0 aliphatic carbocycles. The average molecular weight is 351 g/mol. The number of ether oxygens (including phenoxy) is 2. The van der Waals surface area contributed by atoms with E-state index < -0.39 is 0 Å². The van der Waals surface area contributed by atoms with Crippen molar-refractivity contribution in [3.63, 3.8) is 0 Å². The zero-order valence-corrected chi connectivity index (χ0v) is 14.4. The van der Waals surface area contributed by atoms with E-state index in [1.165, 1.54) is 12.0 Å². The van der Waals surface area contributed by atoms with Crippen LogP contribution in [0.4, 0.5) is 0 Å². The van der Waals surface area contributed by atoms with E-state index in [9.17, 15) is 9.59 Å². The number of carbonyl (C=O) groups is 2. The number of amides is 1. The zero-order chi connectivity index (χ0) is 17.5. The number of halogens is 1. The van der Waals surface area contributed by atoms with Gasteiger partial charge in [0, 0.05) is 31.6 Å². The molecule has 0 fully saturated rings. The van der Waals surface area contributed by atoms with Crippen molar-refractivity contribution < 1.29 is 19.1 Å². The van der Waals surface area contributed by atoms with Crippen LogP contribution in [0.2, 0.25) is 5.02 Å². The highest BCUT2D eigenvalue weighted by atomic mass is 35.5. The third kappa shape index (κ3) is 4.58. The summed E-state index contributed by atoms with van der Waals surface area (Å²) in [6.07, 6.45) is 2.47. The smallest absolute Gasteiger partial charge is 0.305 e. The van der Waals surface area contributed by atoms with Gasteiger partial charge in [0.25, 0.3) is 5.91 Å². The molecular formula is C17H19ClN2O4. The van der Waals surface area contributed by atoms with Gasteiger partial charge in [0.2, 0.25) is 0 Å². The molecule has 0 N–H and O–H groups in total. The van der Waals surface area contributed by atoms with E-state index in [1.54, 1.807) is 31.4 Å². The quantitative estimate of drug-likeness (QED) is 0.718.